The van der Waals surface area contributed by atoms with E-state index in [0.29, 0.717) is 18.8 Å². The van der Waals surface area contributed by atoms with Gasteiger partial charge in [0.15, 0.2) is 0 Å². The van der Waals surface area contributed by atoms with Gasteiger partial charge in [0.25, 0.3) is 5.56 Å². The summed E-state index contributed by atoms with van der Waals surface area (Å²) in [5.74, 6) is 0.480. The molecule has 27 heavy (non-hydrogen) atoms. The van der Waals surface area contributed by atoms with Gasteiger partial charge in [-0.05, 0) is 43.0 Å². The van der Waals surface area contributed by atoms with E-state index in [-0.39, 0.29) is 18.0 Å². The van der Waals surface area contributed by atoms with Crippen LogP contribution in [0.3, 0.4) is 0 Å². The molecule has 1 aliphatic rings. The van der Waals surface area contributed by atoms with E-state index in [0.717, 1.165) is 25.0 Å². The number of furan rings is 1. The highest BCUT2D eigenvalue weighted by Gasteiger charge is 2.25. The van der Waals surface area contributed by atoms with Crippen LogP contribution in [0, 0.1) is 0 Å². The summed E-state index contributed by atoms with van der Waals surface area (Å²) >= 11 is 0. The van der Waals surface area contributed by atoms with E-state index in [1.54, 1.807) is 23.3 Å². The maximum absolute atomic E-state index is 13.0. The molecular formula is C19H21N5O3. The lowest BCUT2D eigenvalue weighted by Crippen LogP contribution is -2.36. The molecule has 1 aliphatic carbocycles. The summed E-state index contributed by atoms with van der Waals surface area (Å²) in [5, 5.41) is 8.60. The number of amides is 1. The molecule has 0 fully saturated rings. The van der Waals surface area contributed by atoms with Gasteiger partial charge < -0.3 is 9.32 Å². The molecule has 3 aromatic rings. The third-order valence-corrected chi connectivity index (χ3v) is 4.89. The predicted molar refractivity (Wildman–Crippen MR) is 96.7 cm³/mol. The first-order chi connectivity index (χ1) is 13.1. The van der Waals surface area contributed by atoms with Gasteiger partial charge in [-0.3, -0.25) is 14.3 Å². The van der Waals surface area contributed by atoms with Gasteiger partial charge >= 0.3 is 0 Å². The molecule has 0 radical (unpaired) electrons. The van der Waals surface area contributed by atoms with Gasteiger partial charge in [-0.15, -0.1) is 0 Å². The minimum atomic E-state index is -0.303. The largest absolute Gasteiger partial charge is 0.467 e. The van der Waals surface area contributed by atoms with Gasteiger partial charge in [0.05, 0.1) is 25.0 Å². The topological polar surface area (TPSA) is 86.2 Å². The molecule has 8 heteroatoms. The van der Waals surface area contributed by atoms with Crippen molar-refractivity contribution in [3.05, 3.63) is 69.8 Å². The number of hydrogen-bond acceptors (Lipinski definition) is 5. The zero-order valence-electron chi connectivity index (χ0n) is 15.2. The fourth-order valence-electron chi connectivity index (χ4n) is 3.56. The summed E-state index contributed by atoms with van der Waals surface area (Å²) in [6.45, 7) is 0.582. The second-order valence-electron chi connectivity index (χ2n) is 6.70. The molecule has 0 atom stereocenters. The third-order valence-electron chi connectivity index (χ3n) is 4.89. The molecule has 0 bridgehead atoms. The lowest BCUT2D eigenvalue weighted by molar-refractivity contribution is -0.133. The molecule has 0 saturated heterocycles. The molecule has 0 saturated carbocycles. The van der Waals surface area contributed by atoms with Gasteiger partial charge in [0.1, 0.15) is 12.3 Å². The second kappa shape index (κ2) is 7.22. The van der Waals surface area contributed by atoms with E-state index in [1.807, 2.05) is 17.8 Å². The summed E-state index contributed by atoms with van der Waals surface area (Å²) in [6, 6.07) is 6.57. The standard InChI is InChI=1S/C19H21N5O3/c1-22-17-7-2-6-15(17)16(21-22)12-23(11-14-5-4-10-27-14)19(26)13-24-18(25)8-3-9-20-24/h3-5,8-10H,2,6-7,11-13H2,1H3. The summed E-state index contributed by atoms with van der Waals surface area (Å²) in [4.78, 5) is 26.5. The van der Waals surface area contributed by atoms with Crippen LogP contribution >= 0.6 is 0 Å². The van der Waals surface area contributed by atoms with Crippen LogP contribution in [0.15, 0.2) is 45.9 Å². The fourth-order valence-corrected chi connectivity index (χ4v) is 3.56. The monoisotopic (exact) mass is 367 g/mol. The summed E-state index contributed by atoms with van der Waals surface area (Å²) in [7, 11) is 1.94. The van der Waals surface area contributed by atoms with Crippen molar-refractivity contribution in [2.45, 2.75) is 38.9 Å². The Morgan fingerprint density at radius 1 is 1.26 bits per heavy atom. The number of hydrogen-bond donors (Lipinski definition) is 0. The number of aryl methyl sites for hydroxylation is 1. The maximum Gasteiger partial charge on any atom is 0.267 e. The molecule has 140 valence electrons. The van der Waals surface area contributed by atoms with Crippen molar-refractivity contribution < 1.29 is 9.21 Å². The predicted octanol–water partition coefficient (Wildman–Crippen LogP) is 1.29. The zero-order chi connectivity index (χ0) is 18.8. The highest BCUT2D eigenvalue weighted by atomic mass is 16.3. The highest BCUT2D eigenvalue weighted by molar-refractivity contribution is 5.75. The van der Waals surface area contributed by atoms with Crippen molar-refractivity contribution in [3.8, 4) is 0 Å². The van der Waals surface area contributed by atoms with Crippen molar-refractivity contribution in [2.75, 3.05) is 0 Å². The van der Waals surface area contributed by atoms with Crippen LogP contribution in [0.2, 0.25) is 0 Å². The Labute approximate surface area is 156 Å². The second-order valence-corrected chi connectivity index (χ2v) is 6.70. The maximum atomic E-state index is 13.0. The van der Waals surface area contributed by atoms with Crippen molar-refractivity contribution in [1.29, 1.82) is 0 Å². The molecular weight excluding hydrogens is 346 g/mol. The smallest absolute Gasteiger partial charge is 0.267 e. The summed E-state index contributed by atoms with van der Waals surface area (Å²) < 4.78 is 8.50. The van der Waals surface area contributed by atoms with Crippen molar-refractivity contribution in [2.24, 2.45) is 7.05 Å². The van der Waals surface area contributed by atoms with Gasteiger partial charge in [-0.25, -0.2) is 4.68 Å². The van der Waals surface area contributed by atoms with Crippen LogP contribution in [0.1, 0.15) is 29.1 Å². The molecule has 0 aromatic carbocycles. The third kappa shape index (κ3) is 3.55. The Balaban J connectivity index is 1.59. The van der Waals surface area contributed by atoms with Gasteiger partial charge in [-0.2, -0.15) is 10.2 Å². The Hall–Kier alpha value is -3.16. The van der Waals surface area contributed by atoms with Gasteiger partial charge in [0.2, 0.25) is 5.91 Å². The Morgan fingerprint density at radius 3 is 2.93 bits per heavy atom. The SMILES string of the molecule is Cn1nc(CN(Cc2ccco2)C(=O)Cn2ncccc2=O)c2c1CCC2. The minimum absolute atomic E-state index is 0.116. The number of rotatable bonds is 6. The Morgan fingerprint density at radius 2 is 2.15 bits per heavy atom. The fraction of sp³-hybridized carbons (Fsp3) is 0.368. The number of nitrogens with zero attached hydrogens (tertiary/aromatic N) is 5. The van der Waals surface area contributed by atoms with Crippen LogP contribution in [-0.2, 0) is 44.3 Å². The van der Waals surface area contributed by atoms with E-state index < -0.39 is 0 Å². The van der Waals surface area contributed by atoms with Crippen LogP contribution in [0.25, 0.3) is 0 Å². The van der Waals surface area contributed by atoms with Crippen LogP contribution in [0.5, 0.6) is 0 Å². The molecule has 0 N–H and O–H groups in total. The summed E-state index contributed by atoms with van der Waals surface area (Å²) in [5.41, 5.74) is 3.10. The van der Waals surface area contributed by atoms with Crippen LogP contribution in [-0.4, -0.2) is 30.4 Å². The lowest BCUT2D eigenvalue weighted by atomic mass is 10.2. The zero-order valence-corrected chi connectivity index (χ0v) is 15.2. The van der Waals surface area contributed by atoms with Crippen molar-refractivity contribution in [1.82, 2.24) is 24.5 Å². The van der Waals surface area contributed by atoms with E-state index in [2.05, 4.69) is 10.2 Å². The van der Waals surface area contributed by atoms with E-state index in [4.69, 9.17) is 4.42 Å². The molecule has 0 spiro atoms. The number of fused-ring (bicyclic) bond motifs is 1. The van der Waals surface area contributed by atoms with Gasteiger partial charge in [0, 0.05) is 25.0 Å². The average Bonchev–Trinajstić information content (AvgIpc) is 3.37. The molecule has 4 rings (SSSR count). The molecule has 3 aromatic heterocycles. The Bertz CT molecular complexity index is 1000. The molecule has 1 amide bonds. The number of aromatic nitrogens is 4. The molecule has 0 aliphatic heterocycles. The lowest BCUT2D eigenvalue weighted by Gasteiger charge is -2.21. The van der Waals surface area contributed by atoms with Crippen LogP contribution < -0.4 is 5.56 Å². The van der Waals surface area contributed by atoms with Gasteiger partial charge in [-0.1, -0.05) is 0 Å². The highest BCUT2D eigenvalue weighted by Crippen LogP contribution is 2.26. The van der Waals surface area contributed by atoms with E-state index >= 15 is 0 Å². The molecule has 8 nitrogen and oxygen atoms in total. The van der Waals surface area contributed by atoms with Crippen molar-refractivity contribution in [3.63, 3.8) is 0 Å². The first-order valence-corrected chi connectivity index (χ1v) is 8.98. The normalized spacial score (nSPS) is 12.9. The number of carbonyl (C=O) groups is 1. The minimum Gasteiger partial charge on any atom is -0.467 e. The van der Waals surface area contributed by atoms with E-state index in [1.165, 1.54) is 28.2 Å². The molecule has 3 heterocycles. The average molecular weight is 367 g/mol. The van der Waals surface area contributed by atoms with E-state index in [9.17, 15) is 9.59 Å². The van der Waals surface area contributed by atoms with Crippen molar-refractivity contribution >= 4 is 5.91 Å². The first kappa shape index (κ1) is 17.3. The quantitative estimate of drug-likeness (QED) is 0.655. The summed E-state index contributed by atoms with van der Waals surface area (Å²) in [6.07, 6.45) is 6.20. The number of carbonyl (C=O) groups excluding carboxylic acids is 1. The first-order valence-electron chi connectivity index (χ1n) is 8.98. The Kier molecular flexibility index (Phi) is 4.62. The van der Waals surface area contributed by atoms with Crippen LogP contribution in [0.4, 0.5) is 0 Å². The molecule has 0 unspecified atom stereocenters.